The molecule has 0 bridgehead atoms. The van der Waals surface area contributed by atoms with Gasteiger partial charge in [-0.1, -0.05) is 6.07 Å². The van der Waals surface area contributed by atoms with Gasteiger partial charge in [0.2, 0.25) is 0 Å². The second-order valence-corrected chi connectivity index (χ2v) is 6.39. The van der Waals surface area contributed by atoms with Crippen LogP contribution >= 0.6 is 15.9 Å². The van der Waals surface area contributed by atoms with Crippen LogP contribution < -0.4 is 0 Å². The van der Waals surface area contributed by atoms with Gasteiger partial charge in [-0.2, -0.15) is 0 Å². The molecule has 3 heteroatoms. The quantitative estimate of drug-likeness (QED) is 0.787. The highest BCUT2D eigenvalue weighted by molar-refractivity contribution is 9.10. The van der Waals surface area contributed by atoms with Crippen LogP contribution in [0, 0.1) is 5.92 Å². The standard InChI is InChI=1S/C15H23BrN2/c1-12(2)18-9-4-5-13(8-10-18)11-14-6-3-7-15(16)17-14/h3,6-7,12-13H,4-5,8-11H2,1-2H3. The van der Waals surface area contributed by atoms with Crippen LogP contribution in [0.15, 0.2) is 22.8 Å². The van der Waals surface area contributed by atoms with Gasteiger partial charge in [0.25, 0.3) is 0 Å². The van der Waals surface area contributed by atoms with Crippen molar-refractivity contribution in [3.8, 4) is 0 Å². The van der Waals surface area contributed by atoms with Crippen LogP contribution in [0.4, 0.5) is 0 Å². The maximum absolute atomic E-state index is 4.56. The lowest BCUT2D eigenvalue weighted by molar-refractivity contribution is 0.228. The topological polar surface area (TPSA) is 16.1 Å². The number of likely N-dealkylation sites (tertiary alicyclic amines) is 1. The van der Waals surface area contributed by atoms with E-state index in [-0.39, 0.29) is 0 Å². The van der Waals surface area contributed by atoms with E-state index in [1.807, 2.05) is 6.07 Å². The zero-order valence-corrected chi connectivity index (χ0v) is 13.0. The minimum absolute atomic E-state index is 0.688. The largest absolute Gasteiger partial charge is 0.301 e. The Morgan fingerprint density at radius 2 is 2.17 bits per heavy atom. The van der Waals surface area contributed by atoms with E-state index in [0.29, 0.717) is 6.04 Å². The summed E-state index contributed by atoms with van der Waals surface area (Å²) in [5.74, 6) is 0.801. The molecule has 0 aliphatic carbocycles. The van der Waals surface area contributed by atoms with E-state index < -0.39 is 0 Å². The first-order chi connectivity index (χ1) is 8.65. The lowest BCUT2D eigenvalue weighted by Crippen LogP contribution is -2.31. The van der Waals surface area contributed by atoms with Crippen molar-refractivity contribution in [1.82, 2.24) is 9.88 Å². The van der Waals surface area contributed by atoms with Crippen LogP contribution in [0.5, 0.6) is 0 Å². The number of aromatic nitrogens is 1. The van der Waals surface area contributed by atoms with Gasteiger partial charge in [0.05, 0.1) is 0 Å². The van der Waals surface area contributed by atoms with Gasteiger partial charge in [-0.15, -0.1) is 0 Å². The molecule has 1 atom stereocenters. The molecule has 0 amide bonds. The van der Waals surface area contributed by atoms with Crippen molar-refractivity contribution in [2.75, 3.05) is 13.1 Å². The zero-order chi connectivity index (χ0) is 13.0. The molecule has 0 spiro atoms. The number of halogens is 1. The first-order valence-corrected chi connectivity index (χ1v) is 7.80. The Morgan fingerprint density at radius 3 is 2.89 bits per heavy atom. The summed E-state index contributed by atoms with van der Waals surface area (Å²) in [5, 5.41) is 0. The van der Waals surface area contributed by atoms with Crippen LogP contribution in [-0.4, -0.2) is 29.0 Å². The van der Waals surface area contributed by atoms with Gasteiger partial charge in [0, 0.05) is 11.7 Å². The SMILES string of the molecule is CC(C)N1CCCC(Cc2cccc(Br)n2)CC1. The molecule has 0 aromatic carbocycles. The van der Waals surface area contributed by atoms with E-state index in [4.69, 9.17) is 0 Å². The van der Waals surface area contributed by atoms with Crippen molar-refractivity contribution in [1.29, 1.82) is 0 Å². The average Bonchev–Trinajstić information content (AvgIpc) is 2.55. The smallest absolute Gasteiger partial charge is 0.106 e. The monoisotopic (exact) mass is 310 g/mol. The van der Waals surface area contributed by atoms with Crippen molar-refractivity contribution < 1.29 is 0 Å². The predicted molar refractivity (Wildman–Crippen MR) is 79.7 cm³/mol. The first-order valence-electron chi connectivity index (χ1n) is 7.00. The summed E-state index contributed by atoms with van der Waals surface area (Å²) in [4.78, 5) is 7.16. The summed E-state index contributed by atoms with van der Waals surface area (Å²) in [6.45, 7) is 7.11. The van der Waals surface area contributed by atoms with E-state index in [2.05, 4.69) is 51.8 Å². The third-order valence-corrected chi connectivity index (χ3v) is 4.32. The lowest BCUT2D eigenvalue weighted by Gasteiger charge is -2.24. The molecular formula is C15H23BrN2. The second-order valence-electron chi connectivity index (χ2n) is 5.58. The number of rotatable bonds is 3. The molecule has 2 nitrogen and oxygen atoms in total. The van der Waals surface area contributed by atoms with E-state index in [1.54, 1.807) is 0 Å². The summed E-state index contributed by atoms with van der Waals surface area (Å²) in [7, 11) is 0. The highest BCUT2D eigenvalue weighted by atomic mass is 79.9. The summed E-state index contributed by atoms with van der Waals surface area (Å²) < 4.78 is 0.956. The van der Waals surface area contributed by atoms with Gasteiger partial charge in [-0.3, -0.25) is 0 Å². The number of pyridine rings is 1. The van der Waals surface area contributed by atoms with Gasteiger partial charge in [-0.05, 0) is 86.6 Å². The molecule has 2 rings (SSSR count). The van der Waals surface area contributed by atoms with Crippen LogP contribution in [0.3, 0.4) is 0 Å². The van der Waals surface area contributed by atoms with Gasteiger partial charge in [-0.25, -0.2) is 4.98 Å². The molecule has 1 aromatic heterocycles. The molecule has 100 valence electrons. The lowest BCUT2D eigenvalue weighted by atomic mass is 9.95. The van der Waals surface area contributed by atoms with Crippen LogP contribution in [0.1, 0.15) is 38.8 Å². The molecule has 1 fully saturated rings. The second kappa shape index (κ2) is 6.67. The predicted octanol–water partition coefficient (Wildman–Crippen LogP) is 3.90. The van der Waals surface area contributed by atoms with Crippen molar-refractivity contribution >= 4 is 15.9 Å². The Kier molecular flexibility index (Phi) is 5.19. The fourth-order valence-electron chi connectivity index (χ4n) is 2.77. The van der Waals surface area contributed by atoms with Gasteiger partial charge >= 0.3 is 0 Å². The molecule has 2 heterocycles. The van der Waals surface area contributed by atoms with Crippen LogP contribution in [0.25, 0.3) is 0 Å². The molecule has 1 aliphatic rings. The third-order valence-electron chi connectivity index (χ3n) is 3.88. The number of nitrogens with zero attached hydrogens (tertiary/aromatic N) is 2. The van der Waals surface area contributed by atoms with Crippen molar-refractivity contribution in [3.63, 3.8) is 0 Å². The van der Waals surface area contributed by atoms with Gasteiger partial charge in [0.15, 0.2) is 0 Å². The Balaban J connectivity index is 1.91. The summed E-state index contributed by atoms with van der Waals surface area (Å²) in [5.41, 5.74) is 1.23. The Labute approximate surface area is 119 Å². The van der Waals surface area contributed by atoms with E-state index in [1.165, 1.54) is 38.0 Å². The fraction of sp³-hybridized carbons (Fsp3) is 0.667. The average molecular weight is 311 g/mol. The molecule has 0 radical (unpaired) electrons. The third kappa shape index (κ3) is 4.06. The maximum atomic E-state index is 4.56. The van der Waals surface area contributed by atoms with E-state index in [0.717, 1.165) is 16.9 Å². The molecule has 1 unspecified atom stereocenters. The Bertz CT molecular complexity index is 379. The molecule has 0 N–H and O–H groups in total. The van der Waals surface area contributed by atoms with Crippen molar-refractivity contribution in [2.24, 2.45) is 5.92 Å². The van der Waals surface area contributed by atoms with Crippen molar-refractivity contribution in [2.45, 2.75) is 45.6 Å². The normalized spacial score (nSPS) is 22.1. The molecule has 0 saturated carbocycles. The molecule has 1 aromatic rings. The minimum atomic E-state index is 0.688. The molecule has 1 saturated heterocycles. The minimum Gasteiger partial charge on any atom is -0.301 e. The fourth-order valence-corrected chi connectivity index (χ4v) is 3.15. The Morgan fingerprint density at radius 1 is 1.33 bits per heavy atom. The van der Waals surface area contributed by atoms with Crippen LogP contribution in [0.2, 0.25) is 0 Å². The van der Waals surface area contributed by atoms with Gasteiger partial charge in [0.1, 0.15) is 4.60 Å². The molecular weight excluding hydrogens is 288 g/mol. The van der Waals surface area contributed by atoms with E-state index in [9.17, 15) is 0 Å². The molecule has 18 heavy (non-hydrogen) atoms. The van der Waals surface area contributed by atoms with E-state index >= 15 is 0 Å². The zero-order valence-electron chi connectivity index (χ0n) is 11.4. The highest BCUT2D eigenvalue weighted by Crippen LogP contribution is 2.22. The number of hydrogen-bond acceptors (Lipinski definition) is 2. The first kappa shape index (κ1) is 14.0. The summed E-state index contributed by atoms with van der Waals surface area (Å²) in [6.07, 6.45) is 5.12. The highest BCUT2D eigenvalue weighted by Gasteiger charge is 2.19. The van der Waals surface area contributed by atoms with Gasteiger partial charge < -0.3 is 4.90 Å². The number of hydrogen-bond donors (Lipinski definition) is 0. The Hall–Kier alpha value is -0.410. The maximum Gasteiger partial charge on any atom is 0.106 e. The van der Waals surface area contributed by atoms with Crippen LogP contribution in [-0.2, 0) is 6.42 Å². The summed E-state index contributed by atoms with van der Waals surface area (Å²) >= 11 is 3.45. The molecule has 1 aliphatic heterocycles. The van der Waals surface area contributed by atoms with Crippen molar-refractivity contribution in [3.05, 3.63) is 28.5 Å². The summed E-state index contributed by atoms with van der Waals surface area (Å²) in [6, 6.07) is 6.92.